The van der Waals surface area contributed by atoms with Gasteiger partial charge in [-0.2, -0.15) is 20.4 Å². The Morgan fingerprint density at radius 2 is 2.00 bits per heavy atom. The molecule has 0 amide bonds. The van der Waals surface area contributed by atoms with E-state index in [0.29, 0.717) is 11.7 Å². The molecule has 1 aliphatic carbocycles. The van der Waals surface area contributed by atoms with Crippen LogP contribution in [0.4, 0.5) is 5.82 Å². The normalized spacial score (nSPS) is 20.2. The summed E-state index contributed by atoms with van der Waals surface area (Å²) in [5.41, 5.74) is 2.90. The van der Waals surface area contributed by atoms with Crippen molar-refractivity contribution in [3.05, 3.63) is 35.6 Å². The molecule has 1 unspecified atom stereocenters. The molecule has 1 N–H and O–H groups in total. The van der Waals surface area contributed by atoms with E-state index in [9.17, 15) is 0 Å². The molecule has 134 valence electrons. The van der Waals surface area contributed by atoms with Gasteiger partial charge in [0.15, 0.2) is 0 Å². The minimum atomic E-state index is 0.189. The van der Waals surface area contributed by atoms with Crippen LogP contribution in [0, 0.1) is 0 Å². The SMILES string of the molecule is c1cc(N2CCOCC2)ncc1-c1noc(C2CCc3n[nH]nc3C2)n1. The zero-order chi connectivity index (χ0) is 17.3. The van der Waals surface area contributed by atoms with E-state index in [-0.39, 0.29) is 5.92 Å². The molecule has 1 aliphatic heterocycles. The van der Waals surface area contributed by atoms with E-state index in [1.165, 1.54) is 0 Å². The summed E-state index contributed by atoms with van der Waals surface area (Å²) in [6.07, 6.45) is 4.40. The lowest BCUT2D eigenvalue weighted by molar-refractivity contribution is 0.122. The molecule has 5 rings (SSSR count). The van der Waals surface area contributed by atoms with Crippen LogP contribution in [0.3, 0.4) is 0 Å². The Balaban J connectivity index is 1.32. The Kier molecular flexibility index (Phi) is 3.85. The van der Waals surface area contributed by atoms with Crippen LogP contribution in [0.15, 0.2) is 22.9 Å². The van der Waals surface area contributed by atoms with Crippen molar-refractivity contribution in [1.29, 1.82) is 0 Å². The molecular weight excluding hydrogens is 334 g/mol. The van der Waals surface area contributed by atoms with Gasteiger partial charge in [-0.15, -0.1) is 0 Å². The molecule has 3 aromatic heterocycles. The maximum atomic E-state index is 5.52. The Hall–Kier alpha value is -2.81. The van der Waals surface area contributed by atoms with E-state index in [1.54, 1.807) is 6.20 Å². The van der Waals surface area contributed by atoms with Crippen molar-refractivity contribution in [3.8, 4) is 11.4 Å². The predicted molar refractivity (Wildman–Crippen MR) is 91.7 cm³/mol. The van der Waals surface area contributed by atoms with Gasteiger partial charge in [0.2, 0.25) is 11.7 Å². The van der Waals surface area contributed by atoms with E-state index >= 15 is 0 Å². The van der Waals surface area contributed by atoms with Gasteiger partial charge >= 0.3 is 0 Å². The van der Waals surface area contributed by atoms with E-state index in [4.69, 9.17) is 9.26 Å². The molecule has 3 aromatic rings. The minimum absolute atomic E-state index is 0.189. The zero-order valence-electron chi connectivity index (χ0n) is 14.3. The lowest BCUT2D eigenvalue weighted by Gasteiger charge is -2.27. The van der Waals surface area contributed by atoms with Gasteiger partial charge < -0.3 is 14.2 Å². The van der Waals surface area contributed by atoms with Gasteiger partial charge in [0, 0.05) is 37.2 Å². The fraction of sp³-hybridized carbons (Fsp3) is 0.471. The van der Waals surface area contributed by atoms with Crippen LogP contribution < -0.4 is 4.90 Å². The molecular formula is C17H19N7O2. The van der Waals surface area contributed by atoms with Crippen LogP contribution in [0.25, 0.3) is 11.4 Å². The summed E-state index contributed by atoms with van der Waals surface area (Å²) in [6.45, 7) is 3.22. The molecule has 1 fully saturated rings. The van der Waals surface area contributed by atoms with Gasteiger partial charge in [0.05, 0.1) is 24.6 Å². The topological polar surface area (TPSA) is 106 Å². The molecule has 9 heteroatoms. The summed E-state index contributed by atoms with van der Waals surface area (Å²) in [5.74, 6) is 2.37. The van der Waals surface area contributed by atoms with Crippen molar-refractivity contribution < 1.29 is 9.26 Å². The Labute approximate surface area is 149 Å². The number of morpholine rings is 1. The standard InChI is InChI=1S/C17H19N7O2/c1-3-13-14(21-23-20-13)9-11(1)17-19-16(22-26-17)12-2-4-15(18-10-12)24-5-7-25-8-6-24/h2,4,10-11H,1,3,5-9H2,(H,20,21,23). The summed E-state index contributed by atoms with van der Waals surface area (Å²) in [6, 6.07) is 3.99. The third-order valence-electron chi connectivity index (χ3n) is 5.00. The highest BCUT2D eigenvalue weighted by Crippen LogP contribution is 2.31. The van der Waals surface area contributed by atoms with Gasteiger partial charge in [-0.1, -0.05) is 5.16 Å². The van der Waals surface area contributed by atoms with E-state index in [0.717, 1.165) is 68.3 Å². The lowest BCUT2D eigenvalue weighted by Crippen LogP contribution is -2.36. The van der Waals surface area contributed by atoms with Crippen LogP contribution >= 0.6 is 0 Å². The first-order valence-electron chi connectivity index (χ1n) is 8.88. The number of H-pyrrole nitrogens is 1. The molecule has 0 bridgehead atoms. The summed E-state index contributed by atoms with van der Waals surface area (Å²) < 4.78 is 10.9. The molecule has 4 heterocycles. The number of nitrogens with one attached hydrogen (secondary N) is 1. The number of aryl methyl sites for hydroxylation is 1. The Morgan fingerprint density at radius 3 is 2.85 bits per heavy atom. The number of fused-ring (bicyclic) bond motifs is 1. The van der Waals surface area contributed by atoms with Crippen molar-refractivity contribution in [2.75, 3.05) is 31.2 Å². The van der Waals surface area contributed by atoms with E-state index in [2.05, 4.69) is 35.4 Å². The van der Waals surface area contributed by atoms with Crippen LogP contribution in [0.1, 0.15) is 29.6 Å². The van der Waals surface area contributed by atoms with Crippen molar-refractivity contribution in [2.24, 2.45) is 0 Å². The average molecular weight is 353 g/mol. The molecule has 1 atom stereocenters. The number of hydrogen-bond donors (Lipinski definition) is 1. The Bertz CT molecular complexity index is 883. The number of aromatic nitrogens is 6. The van der Waals surface area contributed by atoms with Gasteiger partial charge in [-0.25, -0.2) is 4.98 Å². The highest BCUT2D eigenvalue weighted by Gasteiger charge is 2.27. The quantitative estimate of drug-likeness (QED) is 0.752. The number of anilines is 1. The molecule has 2 aliphatic rings. The third kappa shape index (κ3) is 2.84. The van der Waals surface area contributed by atoms with Crippen molar-refractivity contribution in [1.82, 2.24) is 30.5 Å². The number of pyridine rings is 1. The molecule has 0 radical (unpaired) electrons. The average Bonchev–Trinajstić information content (AvgIpc) is 3.38. The second-order valence-corrected chi connectivity index (χ2v) is 6.62. The van der Waals surface area contributed by atoms with Gasteiger partial charge in [0.25, 0.3) is 0 Å². The predicted octanol–water partition coefficient (Wildman–Crippen LogP) is 1.36. The van der Waals surface area contributed by atoms with E-state index in [1.807, 2.05) is 12.1 Å². The van der Waals surface area contributed by atoms with Crippen molar-refractivity contribution in [3.63, 3.8) is 0 Å². The molecule has 1 saturated heterocycles. The highest BCUT2D eigenvalue weighted by atomic mass is 16.5. The van der Waals surface area contributed by atoms with Gasteiger partial charge in [-0.05, 0) is 25.0 Å². The maximum absolute atomic E-state index is 5.52. The smallest absolute Gasteiger partial charge is 0.230 e. The summed E-state index contributed by atoms with van der Waals surface area (Å²) >= 11 is 0. The number of hydrogen-bond acceptors (Lipinski definition) is 8. The summed E-state index contributed by atoms with van der Waals surface area (Å²) in [4.78, 5) is 11.4. The lowest BCUT2D eigenvalue weighted by atomic mass is 9.90. The molecule has 0 aromatic carbocycles. The zero-order valence-corrected chi connectivity index (χ0v) is 14.3. The monoisotopic (exact) mass is 353 g/mol. The highest BCUT2D eigenvalue weighted by molar-refractivity contribution is 5.56. The number of ether oxygens (including phenoxy) is 1. The first-order valence-corrected chi connectivity index (χ1v) is 8.88. The third-order valence-corrected chi connectivity index (χ3v) is 5.00. The molecule has 0 spiro atoms. The van der Waals surface area contributed by atoms with Crippen LogP contribution in [0.5, 0.6) is 0 Å². The second kappa shape index (κ2) is 6.49. The fourth-order valence-corrected chi connectivity index (χ4v) is 3.51. The van der Waals surface area contributed by atoms with Crippen LogP contribution in [-0.4, -0.2) is 56.8 Å². The molecule has 26 heavy (non-hydrogen) atoms. The van der Waals surface area contributed by atoms with Crippen molar-refractivity contribution in [2.45, 2.75) is 25.2 Å². The number of aromatic amines is 1. The summed E-state index contributed by atoms with van der Waals surface area (Å²) in [5, 5.41) is 15.2. The first-order chi connectivity index (χ1) is 12.9. The minimum Gasteiger partial charge on any atom is -0.378 e. The first kappa shape index (κ1) is 15.4. The van der Waals surface area contributed by atoms with E-state index < -0.39 is 0 Å². The Morgan fingerprint density at radius 1 is 1.12 bits per heavy atom. The molecule has 0 saturated carbocycles. The number of rotatable bonds is 3. The van der Waals surface area contributed by atoms with Gasteiger partial charge in [0.1, 0.15) is 5.82 Å². The second-order valence-electron chi connectivity index (χ2n) is 6.62. The fourth-order valence-electron chi connectivity index (χ4n) is 3.51. The largest absolute Gasteiger partial charge is 0.378 e. The van der Waals surface area contributed by atoms with Crippen LogP contribution in [0.2, 0.25) is 0 Å². The molecule has 9 nitrogen and oxygen atoms in total. The van der Waals surface area contributed by atoms with Crippen molar-refractivity contribution >= 4 is 5.82 Å². The van der Waals surface area contributed by atoms with Crippen LogP contribution in [-0.2, 0) is 17.6 Å². The number of nitrogens with zero attached hydrogens (tertiary/aromatic N) is 6. The van der Waals surface area contributed by atoms with Gasteiger partial charge in [-0.3, -0.25) is 0 Å². The maximum Gasteiger partial charge on any atom is 0.230 e. The summed E-state index contributed by atoms with van der Waals surface area (Å²) in [7, 11) is 0.